The van der Waals surface area contributed by atoms with Crippen LogP contribution in [-0.4, -0.2) is 32.0 Å². The molecule has 1 aliphatic carbocycles. The van der Waals surface area contributed by atoms with E-state index in [-0.39, 0.29) is 17.5 Å². The molecule has 1 aliphatic rings. The van der Waals surface area contributed by atoms with E-state index >= 15 is 0 Å². The van der Waals surface area contributed by atoms with Gasteiger partial charge in [-0.3, -0.25) is 4.79 Å². The average molecular weight is 425 g/mol. The third-order valence-corrected chi connectivity index (χ3v) is 7.15. The highest BCUT2D eigenvalue weighted by Gasteiger charge is 2.36. The standard InChI is InChI=1S/C24H32N4OS/c1-27-21-11-5-4-10-19(21)26-23(27)20(12-17-30-2)25-22(29)18-24(13-6-3-7-14-24)28-15-8-9-16-28/h4-5,8-11,15-16,20H,3,6-7,12-14,17-18H2,1-2H3,(H,25,29). The summed E-state index contributed by atoms with van der Waals surface area (Å²) in [7, 11) is 2.05. The van der Waals surface area contributed by atoms with Gasteiger partial charge in [0.05, 0.1) is 29.0 Å². The smallest absolute Gasteiger partial charge is 0.222 e. The van der Waals surface area contributed by atoms with E-state index < -0.39 is 0 Å². The lowest BCUT2D eigenvalue weighted by molar-refractivity contribution is -0.124. The van der Waals surface area contributed by atoms with E-state index in [4.69, 9.17) is 4.98 Å². The van der Waals surface area contributed by atoms with E-state index in [2.05, 4.69) is 51.3 Å². The summed E-state index contributed by atoms with van der Waals surface area (Å²) in [5, 5.41) is 3.35. The first-order chi connectivity index (χ1) is 14.6. The molecule has 0 spiro atoms. The van der Waals surface area contributed by atoms with Crippen molar-refractivity contribution < 1.29 is 4.79 Å². The van der Waals surface area contributed by atoms with E-state index in [9.17, 15) is 4.79 Å². The average Bonchev–Trinajstić information content (AvgIpc) is 3.41. The molecule has 0 bridgehead atoms. The maximum absolute atomic E-state index is 13.3. The number of rotatable bonds is 8. The van der Waals surface area contributed by atoms with Gasteiger partial charge < -0.3 is 14.5 Å². The lowest BCUT2D eigenvalue weighted by Gasteiger charge is -2.39. The lowest BCUT2D eigenvalue weighted by atomic mass is 9.78. The fraction of sp³-hybridized carbons (Fsp3) is 0.500. The van der Waals surface area contributed by atoms with E-state index in [0.717, 1.165) is 41.9 Å². The number of fused-ring (bicyclic) bond motifs is 1. The highest BCUT2D eigenvalue weighted by atomic mass is 32.2. The molecule has 0 radical (unpaired) electrons. The summed E-state index contributed by atoms with van der Waals surface area (Å²) in [5.74, 6) is 2.05. The van der Waals surface area contributed by atoms with Crippen molar-refractivity contribution in [2.45, 2.75) is 56.5 Å². The van der Waals surface area contributed by atoms with Gasteiger partial charge in [-0.15, -0.1) is 0 Å². The third-order valence-electron chi connectivity index (χ3n) is 6.51. The summed E-state index contributed by atoms with van der Waals surface area (Å²) in [5.41, 5.74) is 1.99. The van der Waals surface area contributed by atoms with Gasteiger partial charge in [0.1, 0.15) is 5.82 Å². The van der Waals surface area contributed by atoms with Crippen LogP contribution in [-0.2, 0) is 17.4 Å². The number of nitrogens with zero attached hydrogens (tertiary/aromatic N) is 3. The molecular weight excluding hydrogens is 392 g/mol. The predicted molar refractivity (Wildman–Crippen MR) is 125 cm³/mol. The quantitative estimate of drug-likeness (QED) is 0.551. The van der Waals surface area contributed by atoms with Crippen molar-refractivity contribution in [2.75, 3.05) is 12.0 Å². The number of hydrogen-bond donors (Lipinski definition) is 1. The van der Waals surface area contributed by atoms with Gasteiger partial charge in [0.25, 0.3) is 0 Å². The maximum atomic E-state index is 13.3. The van der Waals surface area contributed by atoms with Crippen LogP contribution in [0.5, 0.6) is 0 Å². The van der Waals surface area contributed by atoms with Gasteiger partial charge >= 0.3 is 0 Å². The molecule has 5 nitrogen and oxygen atoms in total. The van der Waals surface area contributed by atoms with Crippen molar-refractivity contribution in [3.05, 3.63) is 54.6 Å². The van der Waals surface area contributed by atoms with Gasteiger partial charge in [0.2, 0.25) is 5.91 Å². The molecule has 1 aromatic carbocycles. The normalized spacial score (nSPS) is 17.1. The molecular formula is C24H32N4OS. The molecule has 3 aromatic rings. The Morgan fingerprint density at radius 3 is 2.60 bits per heavy atom. The zero-order valence-corrected chi connectivity index (χ0v) is 18.8. The topological polar surface area (TPSA) is 51.9 Å². The number of hydrogen-bond acceptors (Lipinski definition) is 3. The summed E-state index contributed by atoms with van der Waals surface area (Å²) < 4.78 is 4.40. The summed E-state index contributed by atoms with van der Waals surface area (Å²) >= 11 is 1.80. The van der Waals surface area contributed by atoms with Crippen molar-refractivity contribution in [3.8, 4) is 0 Å². The van der Waals surface area contributed by atoms with Crippen LogP contribution in [0.2, 0.25) is 0 Å². The van der Waals surface area contributed by atoms with Crippen molar-refractivity contribution >= 4 is 28.7 Å². The fourth-order valence-electron chi connectivity index (χ4n) is 4.91. The number of amides is 1. The molecule has 0 saturated heterocycles. The largest absolute Gasteiger partial charge is 0.348 e. The lowest BCUT2D eigenvalue weighted by Crippen LogP contribution is -2.42. The van der Waals surface area contributed by atoms with E-state index in [1.54, 1.807) is 11.8 Å². The summed E-state index contributed by atoms with van der Waals surface area (Å²) in [6, 6.07) is 12.2. The molecule has 6 heteroatoms. The summed E-state index contributed by atoms with van der Waals surface area (Å²) in [6.45, 7) is 0. The van der Waals surface area contributed by atoms with Crippen molar-refractivity contribution in [3.63, 3.8) is 0 Å². The van der Waals surface area contributed by atoms with Crippen LogP contribution < -0.4 is 5.32 Å². The van der Waals surface area contributed by atoms with Crippen LogP contribution in [0.4, 0.5) is 0 Å². The fourth-order valence-corrected chi connectivity index (χ4v) is 5.38. The number of thioether (sulfide) groups is 1. The summed E-state index contributed by atoms with van der Waals surface area (Å²) in [6.07, 6.45) is 13.5. The second-order valence-electron chi connectivity index (χ2n) is 8.47. The Balaban J connectivity index is 1.56. The van der Waals surface area contributed by atoms with Crippen LogP contribution in [0.3, 0.4) is 0 Å². The van der Waals surface area contributed by atoms with Gasteiger partial charge in [0.15, 0.2) is 0 Å². The highest BCUT2D eigenvalue weighted by Crippen LogP contribution is 2.38. The Labute approximate surface area is 183 Å². The number of benzene rings is 1. The number of aryl methyl sites for hydroxylation is 1. The monoisotopic (exact) mass is 424 g/mol. The van der Waals surface area contributed by atoms with Crippen LogP contribution in [0.25, 0.3) is 11.0 Å². The van der Waals surface area contributed by atoms with Gasteiger partial charge in [-0.05, 0) is 55.5 Å². The zero-order valence-electron chi connectivity index (χ0n) is 18.0. The molecule has 2 aromatic heterocycles. The Kier molecular flexibility index (Phi) is 6.52. The van der Waals surface area contributed by atoms with E-state index in [1.165, 1.54) is 19.3 Å². The highest BCUT2D eigenvalue weighted by molar-refractivity contribution is 7.98. The van der Waals surface area contributed by atoms with E-state index in [0.29, 0.717) is 6.42 Å². The molecule has 1 N–H and O–H groups in total. The van der Waals surface area contributed by atoms with Gasteiger partial charge in [0, 0.05) is 19.4 Å². The van der Waals surface area contributed by atoms with Gasteiger partial charge in [-0.25, -0.2) is 4.98 Å². The van der Waals surface area contributed by atoms with Crippen molar-refractivity contribution in [1.82, 2.24) is 19.4 Å². The predicted octanol–water partition coefficient (Wildman–Crippen LogP) is 5.03. The molecule has 2 heterocycles. The number of imidazole rings is 1. The Bertz CT molecular complexity index is 972. The number of para-hydroxylation sites is 2. The van der Waals surface area contributed by atoms with Gasteiger partial charge in [-0.2, -0.15) is 11.8 Å². The molecule has 1 fully saturated rings. The minimum absolute atomic E-state index is 0.0762. The number of carbonyl (C=O) groups is 1. The summed E-state index contributed by atoms with van der Waals surface area (Å²) in [4.78, 5) is 18.2. The number of carbonyl (C=O) groups excluding carboxylic acids is 1. The molecule has 4 rings (SSSR count). The molecule has 0 aliphatic heterocycles. The SMILES string of the molecule is CSCCC(NC(=O)CC1(n2cccc2)CCCCC1)c1nc2ccccc2n1C. The first-order valence-corrected chi connectivity index (χ1v) is 12.4. The zero-order chi connectivity index (χ0) is 21.0. The van der Waals surface area contributed by atoms with E-state index in [1.807, 2.05) is 25.2 Å². The second kappa shape index (κ2) is 9.29. The first kappa shape index (κ1) is 21.0. The van der Waals surface area contributed by atoms with Gasteiger partial charge in [-0.1, -0.05) is 31.4 Å². The molecule has 1 amide bonds. The van der Waals surface area contributed by atoms with Crippen LogP contribution in [0, 0.1) is 0 Å². The Morgan fingerprint density at radius 1 is 1.17 bits per heavy atom. The second-order valence-corrected chi connectivity index (χ2v) is 9.46. The van der Waals surface area contributed by atoms with Crippen LogP contribution in [0.1, 0.15) is 56.8 Å². The molecule has 160 valence electrons. The molecule has 30 heavy (non-hydrogen) atoms. The molecule has 1 atom stereocenters. The number of aromatic nitrogens is 3. The minimum atomic E-state index is -0.0950. The maximum Gasteiger partial charge on any atom is 0.222 e. The van der Waals surface area contributed by atoms with Crippen LogP contribution >= 0.6 is 11.8 Å². The van der Waals surface area contributed by atoms with Crippen molar-refractivity contribution in [2.24, 2.45) is 7.05 Å². The molecule has 1 saturated carbocycles. The first-order valence-electron chi connectivity index (χ1n) is 11.0. The number of nitrogens with one attached hydrogen (secondary N) is 1. The molecule has 1 unspecified atom stereocenters. The third kappa shape index (κ3) is 4.29. The minimum Gasteiger partial charge on any atom is -0.348 e. The Morgan fingerprint density at radius 2 is 1.90 bits per heavy atom. The Hall–Kier alpha value is -2.21. The van der Waals surface area contributed by atoms with Crippen molar-refractivity contribution in [1.29, 1.82) is 0 Å². The van der Waals surface area contributed by atoms with Crippen LogP contribution in [0.15, 0.2) is 48.8 Å².